The van der Waals surface area contributed by atoms with E-state index in [1.807, 2.05) is 60.0 Å². The molecule has 0 aliphatic heterocycles. The highest BCUT2D eigenvalue weighted by Gasteiger charge is 2.18. The molecule has 0 fully saturated rings. The summed E-state index contributed by atoms with van der Waals surface area (Å²) in [7, 11) is 1.61. The summed E-state index contributed by atoms with van der Waals surface area (Å²) in [5, 5.41) is 12.2. The molecule has 4 rings (SSSR count). The Labute approximate surface area is 143 Å². The van der Waals surface area contributed by atoms with Crippen molar-refractivity contribution >= 4 is 22.5 Å². The zero-order chi connectivity index (χ0) is 17.4. The summed E-state index contributed by atoms with van der Waals surface area (Å²) in [5.41, 5.74) is 2.09. The van der Waals surface area contributed by atoms with Crippen LogP contribution in [0.25, 0.3) is 16.6 Å². The van der Waals surface area contributed by atoms with Crippen LogP contribution in [0.5, 0.6) is 5.75 Å². The first kappa shape index (κ1) is 15.2. The maximum absolute atomic E-state index is 12.6. The Kier molecular flexibility index (Phi) is 3.61. The largest absolute Gasteiger partial charge is 0.497 e. The molecule has 0 aliphatic rings. The van der Waals surface area contributed by atoms with E-state index in [1.165, 1.54) is 0 Å². The zero-order valence-corrected chi connectivity index (χ0v) is 13.9. The number of amides is 1. The number of ether oxygens (including phenoxy) is 1. The molecular formula is C18H17N5O2. The van der Waals surface area contributed by atoms with Crippen LogP contribution in [0.1, 0.15) is 29.3 Å². The average Bonchev–Trinajstić information content (AvgIpc) is 3.25. The van der Waals surface area contributed by atoms with Gasteiger partial charge >= 0.3 is 0 Å². The summed E-state index contributed by atoms with van der Waals surface area (Å²) >= 11 is 0. The van der Waals surface area contributed by atoms with Crippen LogP contribution < -0.4 is 10.1 Å². The molecule has 1 amide bonds. The van der Waals surface area contributed by atoms with Gasteiger partial charge in [-0.25, -0.2) is 0 Å². The van der Waals surface area contributed by atoms with E-state index >= 15 is 0 Å². The van der Waals surface area contributed by atoms with Crippen molar-refractivity contribution in [1.29, 1.82) is 0 Å². The lowest BCUT2D eigenvalue weighted by atomic mass is 10.2. The molecule has 1 aromatic carbocycles. The summed E-state index contributed by atoms with van der Waals surface area (Å²) in [6, 6.07) is 12.8. The summed E-state index contributed by atoms with van der Waals surface area (Å²) < 4.78 is 7.07. The summed E-state index contributed by atoms with van der Waals surface area (Å²) in [6.45, 7) is 1.88. The number of carbonyl (C=O) groups excluding carboxylic acids is 1. The number of benzene rings is 1. The number of hydrogen-bond donors (Lipinski definition) is 2. The predicted octanol–water partition coefficient (Wildman–Crippen LogP) is 2.71. The van der Waals surface area contributed by atoms with E-state index in [-0.39, 0.29) is 11.9 Å². The molecule has 7 heteroatoms. The van der Waals surface area contributed by atoms with Crippen molar-refractivity contribution < 1.29 is 9.53 Å². The van der Waals surface area contributed by atoms with E-state index in [2.05, 4.69) is 20.5 Å². The van der Waals surface area contributed by atoms with Crippen LogP contribution in [0.15, 0.2) is 48.7 Å². The van der Waals surface area contributed by atoms with Gasteiger partial charge in [0.05, 0.1) is 13.2 Å². The molecule has 0 saturated heterocycles. The molecule has 0 spiro atoms. The van der Waals surface area contributed by atoms with Crippen molar-refractivity contribution in [2.45, 2.75) is 13.0 Å². The van der Waals surface area contributed by atoms with E-state index in [4.69, 9.17) is 4.74 Å². The number of carbonyl (C=O) groups is 1. The maximum Gasteiger partial charge on any atom is 0.268 e. The van der Waals surface area contributed by atoms with Gasteiger partial charge in [0, 0.05) is 23.2 Å². The predicted molar refractivity (Wildman–Crippen MR) is 93.7 cm³/mol. The summed E-state index contributed by atoms with van der Waals surface area (Å²) in [6.07, 6.45) is 1.88. The standard InChI is InChI=1S/C18H17N5O2/c1-11(17-22-21-16-5-3-4-8-23(16)17)19-18(24)15-9-12-6-7-13(25-2)10-14(12)20-15/h3-11,20H,1-2H3,(H,19,24). The van der Waals surface area contributed by atoms with Gasteiger partial charge in [-0.2, -0.15) is 0 Å². The monoisotopic (exact) mass is 335 g/mol. The highest BCUT2D eigenvalue weighted by atomic mass is 16.5. The molecule has 3 heterocycles. The number of nitrogens with zero attached hydrogens (tertiary/aromatic N) is 3. The van der Waals surface area contributed by atoms with Crippen LogP contribution in [0, 0.1) is 0 Å². The molecule has 3 aromatic heterocycles. The lowest BCUT2D eigenvalue weighted by molar-refractivity contribution is 0.0934. The molecule has 0 aliphatic carbocycles. The fraction of sp³-hybridized carbons (Fsp3) is 0.167. The second-order valence-corrected chi connectivity index (χ2v) is 5.82. The van der Waals surface area contributed by atoms with Gasteiger partial charge in [0.15, 0.2) is 11.5 Å². The fourth-order valence-corrected chi connectivity index (χ4v) is 2.85. The second-order valence-electron chi connectivity index (χ2n) is 5.82. The Bertz CT molecular complexity index is 1070. The minimum Gasteiger partial charge on any atom is -0.497 e. The van der Waals surface area contributed by atoms with E-state index in [0.717, 1.165) is 22.3 Å². The van der Waals surface area contributed by atoms with Gasteiger partial charge in [0.1, 0.15) is 11.4 Å². The minimum atomic E-state index is -0.286. The summed E-state index contributed by atoms with van der Waals surface area (Å²) in [4.78, 5) is 15.7. The van der Waals surface area contributed by atoms with Gasteiger partial charge < -0.3 is 15.0 Å². The van der Waals surface area contributed by atoms with Crippen molar-refractivity contribution in [2.24, 2.45) is 0 Å². The Hall–Kier alpha value is -3.35. The molecule has 7 nitrogen and oxygen atoms in total. The third-order valence-electron chi connectivity index (χ3n) is 4.15. The van der Waals surface area contributed by atoms with Crippen LogP contribution in [-0.2, 0) is 0 Å². The quantitative estimate of drug-likeness (QED) is 0.600. The first-order chi connectivity index (χ1) is 12.2. The Morgan fingerprint density at radius 1 is 1.24 bits per heavy atom. The van der Waals surface area contributed by atoms with E-state index < -0.39 is 0 Å². The third-order valence-corrected chi connectivity index (χ3v) is 4.15. The van der Waals surface area contributed by atoms with Gasteiger partial charge in [-0.05, 0) is 37.3 Å². The molecule has 2 N–H and O–H groups in total. The number of aromatic amines is 1. The van der Waals surface area contributed by atoms with Crippen LogP contribution >= 0.6 is 0 Å². The first-order valence-electron chi connectivity index (χ1n) is 7.93. The molecule has 126 valence electrons. The van der Waals surface area contributed by atoms with Crippen LogP contribution in [-0.4, -0.2) is 32.6 Å². The number of methoxy groups -OCH3 is 1. The van der Waals surface area contributed by atoms with E-state index in [0.29, 0.717) is 11.5 Å². The van der Waals surface area contributed by atoms with Gasteiger partial charge in [0.25, 0.3) is 5.91 Å². The highest BCUT2D eigenvalue weighted by Crippen LogP contribution is 2.21. The number of fused-ring (bicyclic) bond motifs is 2. The van der Waals surface area contributed by atoms with Crippen molar-refractivity contribution in [3.8, 4) is 5.75 Å². The van der Waals surface area contributed by atoms with E-state index in [1.54, 1.807) is 7.11 Å². The number of rotatable bonds is 4. The van der Waals surface area contributed by atoms with Crippen LogP contribution in [0.3, 0.4) is 0 Å². The Balaban J connectivity index is 1.59. The number of aromatic nitrogens is 4. The lowest BCUT2D eigenvalue weighted by Crippen LogP contribution is -2.28. The molecular weight excluding hydrogens is 318 g/mol. The van der Waals surface area contributed by atoms with Crippen LogP contribution in [0.4, 0.5) is 0 Å². The number of nitrogens with one attached hydrogen (secondary N) is 2. The number of pyridine rings is 1. The average molecular weight is 335 g/mol. The highest BCUT2D eigenvalue weighted by molar-refractivity contribution is 5.98. The molecule has 1 atom stereocenters. The van der Waals surface area contributed by atoms with Gasteiger partial charge in [-0.1, -0.05) is 6.07 Å². The molecule has 0 bridgehead atoms. The third kappa shape index (κ3) is 2.69. The molecule has 25 heavy (non-hydrogen) atoms. The van der Waals surface area contributed by atoms with Crippen molar-refractivity contribution in [1.82, 2.24) is 24.9 Å². The zero-order valence-electron chi connectivity index (χ0n) is 13.9. The van der Waals surface area contributed by atoms with Gasteiger partial charge in [0.2, 0.25) is 0 Å². The van der Waals surface area contributed by atoms with E-state index in [9.17, 15) is 4.79 Å². The Morgan fingerprint density at radius 3 is 2.96 bits per heavy atom. The summed E-state index contributed by atoms with van der Waals surface area (Å²) in [5.74, 6) is 1.22. The SMILES string of the molecule is COc1ccc2cc(C(=O)NC(C)c3nnc4ccccn34)[nH]c2c1. The van der Waals surface area contributed by atoms with Crippen molar-refractivity contribution in [3.05, 3.63) is 60.2 Å². The maximum atomic E-state index is 12.6. The van der Waals surface area contributed by atoms with Crippen molar-refractivity contribution in [2.75, 3.05) is 7.11 Å². The number of hydrogen-bond acceptors (Lipinski definition) is 4. The fourth-order valence-electron chi connectivity index (χ4n) is 2.85. The smallest absolute Gasteiger partial charge is 0.268 e. The molecule has 4 aromatic rings. The van der Waals surface area contributed by atoms with Crippen molar-refractivity contribution in [3.63, 3.8) is 0 Å². The van der Waals surface area contributed by atoms with Gasteiger partial charge in [-0.3, -0.25) is 9.20 Å². The molecule has 0 radical (unpaired) electrons. The lowest BCUT2D eigenvalue weighted by Gasteiger charge is -2.11. The van der Waals surface area contributed by atoms with Crippen LogP contribution in [0.2, 0.25) is 0 Å². The van der Waals surface area contributed by atoms with Gasteiger partial charge in [-0.15, -0.1) is 10.2 Å². The Morgan fingerprint density at radius 2 is 2.12 bits per heavy atom. The molecule has 1 unspecified atom stereocenters. The number of H-pyrrole nitrogens is 1. The topological polar surface area (TPSA) is 84.3 Å². The first-order valence-corrected chi connectivity index (χ1v) is 7.93. The second kappa shape index (κ2) is 5.94. The molecule has 0 saturated carbocycles. The minimum absolute atomic E-state index is 0.199. The normalized spacial score (nSPS) is 12.4.